The molecule has 1 atom stereocenters. The van der Waals surface area contributed by atoms with E-state index in [1.54, 1.807) is 19.1 Å². The number of aliphatic hydroxyl groups is 1. The molecule has 22 heavy (non-hydrogen) atoms. The zero-order valence-corrected chi connectivity index (χ0v) is 13.5. The molecule has 2 aromatic rings. The minimum absolute atomic E-state index is 0.0919. The van der Waals surface area contributed by atoms with Crippen molar-refractivity contribution < 1.29 is 14.3 Å². The Labute approximate surface area is 131 Å². The average molecular weight is 301 g/mol. The number of nitrogens with one attached hydrogen (secondary N) is 1. The number of rotatable bonds is 5. The van der Waals surface area contributed by atoms with Crippen LogP contribution in [-0.4, -0.2) is 17.6 Å². The van der Waals surface area contributed by atoms with Crippen molar-refractivity contribution in [2.45, 2.75) is 38.7 Å². The molecule has 118 valence electrons. The van der Waals surface area contributed by atoms with E-state index in [4.69, 9.17) is 4.42 Å². The van der Waals surface area contributed by atoms with Crippen molar-refractivity contribution in [3.8, 4) is 0 Å². The molecule has 0 aliphatic rings. The highest BCUT2D eigenvalue weighted by atomic mass is 16.4. The van der Waals surface area contributed by atoms with Crippen molar-refractivity contribution in [2.75, 3.05) is 6.54 Å². The van der Waals surface area contributed by atoms with Crippen LogP contribution < -0.4 is 5.32 Å². The van der Waals surface area contributed by atoms with Crippen LogP contribution in [0.5, 0.6) is 0 Å². The summed E-state index contributed by atoms with van der Waals surface area (Å²) in [6, 6.07) is 11.3. The second kappa shape index (κ2) is 5.97. The fraction of sp³-hybridized carbons (Fsp3) is 0.389. The third-order valence-electron chi connectivity index (χ3n) is 3.99. The molecule has 2 N–H and O–H groups in total. The van der Waals surface area contributed by atoms with Gasteiger partial charge in [-0.05, 0) is 45.4 Å². The van der Waals surface area contributed by atoms with E-state index in [9.17, 15) is 9.90 Å². The van der Waals surface area contributed by atoms with Crippen LogP contribution in [-0.2, 0) is 15.8 Å². The van der Waals surface area contributed by atoms with Gasteiger partial charge in [-0.3, -0.25) is 4.79 Å². The molecule has 4 nitrogen and oxygen atoms in total. The van der Waals surface area contributed by atoms with E-state index in [1.165, 1.54) is 6.26 Å². The average Bonchev–Trinajstić information content (AvgIpc) is 3.00. The van der Waals surface area contributed by atoms with Gasteiger partial charge in [0.05, 0.1) is 18.2 Å². The molecule has 0 radical (unpaired) electrons. The maximum Gasteiger partial charge on any atom is 0.230 e. The topological polar surface area (TPSA) is 62.5 Å². The molecule has 0 saturated carbocycles. The first-order chi connectivity index (χ1) is 10.2. The highest BCUT2D eigenvalue weighted by Crippen LogP contribution is 2.25. The van der Waals surface area contributed by atoms with E-state index >= 15 is 0 Å². The Balaban J connectivity index is 2.06. The van der Waals surface area contributed by atoms with Crippen molar-refractivity contribution in [2.24, 2.45) is 0 Å². The molecule has 0 saturated heterocycles. The van der Waals surface area contributed by atoms with E-state index < -0.39 is 11.0 Å². The van der Waals surface area contributed by atoms with Crippen LogP contribution in [0.3, 0.4) is 0 Å². The third-order valence-corrected chi connectivity index (χ3v) is 3.99. The number of benzene rings is 1. The summed E-state index contributed by atoms with van der Waals surface area (Å²) in [5, 5.41) is 13.2. The van der Waals surface area contributed by atoms with Gasteiger partial charge in [-0.2, -0.15) is 0 Å². The Bertz CT molecular complexity index is 625. The van der Waals surface area contributed by atoms with Crippen molar-refractivity contribution >= 4 is 5.91 Å². The number of amides is 1. The lowest BCUT2D eigenvalue weighted by atomic mass is 9.83. The van der Waals surface area contributed by atoms with Gasteiger partial charge in [0.2, 0.25) is 5.91 Å². The highest BCUT2D eigenvalue weighted by Gasteiger charge is 2.33. The van der Waals surface area contributed by atoms with E-state index in [1.807, 2.05) is 45.0 Å². The molecule has 1 heterocycles. The number of aryl methyl sites for hydroxylation is 1. The summed E-state index contributed by atoms with van der Waals surface area (Å²) in [6.45, 7) is 7.46. The van der Waals surface area contributed by atoms with Crippen LogP contribution in [0, 0.1) is 6.92 Å². The maximum absolute atomic E-state index is 12.5. The van der Waals surface area contributed by atoms with E-state index in [2.05, 4.69) is 5.32 Å². The fourth-order valence-electron chi connectivity index (χ4n) is 2.25. The van der Waals surface area contributed by atoms with Gasteiger partial charge in [0.15, 0.2) is 0 Å². The monoisotopic (exact) mass is 301 g/mol. The molecule has 1 unspecified atom stereocenters. The Morgan fingerprint density at radius 2 is 1.82 bits per heavy atom. The second-order valence-electron chi connectivity index (χ2n) is 6.42. The second-order valence-corrected chi connectivity index (χ2v) is 6.42. The van der Waals surface area contributed by atoms with Gasteiger partial charge in [-0.25, -0.2) is 0 Å². The molecule has 4 heteroatoms. The number of carbonyl (C=O) groups is 1. The zero-order valence-electron chi connectivity index (χ0n) is 13.5. The van der Waals surface area contributed by atoms with Gasteiger partial charge in [0.25, 0.3) is 0 Å². The lowest BCUT2D eigenvalue weighted by molar-refractivity contribution is -0.127. The van der Waals surface area contributed by atoms with E-state index in [0.29, 0.717) is 5.76 Å². The first kappa shape index (κ1) is 16.3. The lowest BCUT2D eigenvalue weighted by Crippen LogP contribution is -2.45. The standard InChI is InChI=1S/C18H23NO3/c1-13-7-9-14(10-8-13)17(2,3)16(20)19-12-18(4,21)15-6-5-11-22-15/h5-11,21H,12H2,1-4H3,(H,19,20). The van der Waals surface area contributed by atoms with Crippen LogP contribution in [0.15, 0.2) is 47.1 Å². The molecule has 0 aliphatic heterocycles. The Morgan fingerprint density at radius 3 is 2.36 bits per heavy atom. The Morgan fingerprint density at radius 1 is 1.18 bits per heavy atom. The molecule has 1 amide bonds. The van der Waals surface area contributed by atoms with Gasteiger partial charge in [0.1, 0.15) is 11.4 Å². The van der Waals surface area contributed by atoms with Gasteiger partial charge in [0, 0.05) is 0 Å². The van der Waals surface area contributed by atoms with Crippen molar-refractivity contribution in [3.05, 3.63) is 59.5 Å². The van der Waals surface area contributed by atoms with Gasteiger partial charge < -0.3 is 14.8 Å². The molecule has 2 rings (SSSR count). The van der Waals surface area contributed by atoms with Crippen molar-refractivity contribution in [1.29, 1.82) is 0 Å². The van der Waals surface area contributed by atoms with Crippen molar-refractivity contribution in [3.63, 3.8) is 0 Å². The maximum atomic E-state index is 12.5. The quantitative estimate of drug-likeness (QED) is 0.892. The van der Waals surface area contributed by atoms with Crippen LogP contribution >= 0.6 is 0 Å². The predicted molar refractivity (Wildman–Crippen MR) is 85.5 cm³/mol. The first-order valence-electron chi connectivity index (χ1n) is 7.35. The smallest absolute Gasteiger partial charge is 0.230 e. The van der Waals surface area contributed by atoms with Gasteiger partial charge in [-0.1, -0.05) is 29.8 Å². The van der Waals surface area contributed by atoms with Crippen LogP contribution in [0.2, 0.25) is 0 Å². The van der Waals surface area contributed by atoms with Crippen molar-refractivity contribution in [1.82, 2.24) is 5.32 Å². The Kier molecular flexibility index (Phi) is 4.42. The number of carbonyl (C=O) groups excluding carboxylic acids is 1. The summed E-state index contributed by atoms with van der Waals surface area (Å²) in [5.41, 5.74) is 0.184. The first-order valence-corrected chi connectivity index (χ1v) is 7.35. The van der Waals surface area contributed by atoms with Gasteiger partial charge >= 0.3 is 0 Å². The van der Waals surface area contributed by atoms with Gasteiger partial charge in [-0.15, -0.1) is 0 Å². The van der Waals surface area contributed by atoms with Crippen LogP contribution in [0.4, 0.5) is 0 Å². The molecule has 1 aromatic heterocycles. The molecule has 1 aromatic carbocycles. The number of hydrogen-bond acceptors (Lipinski definition) is 3. The minimum atomic E-state index is -1.23. The molecule has 0 bridgehead atoms. The third kappa shape index (κ3) is 3.39. The normalized spacial score (nSPS) is 14.4. The summed E-state index contributed by atoms with van der Waals surface area (Å²) in [7, 11) is 0. The van der Waals surface area contributed by atoms with Crippen LogP contribution in [0.1, 0.15) is 37.7 Å². The molecular formula is C18H23NO3. The number of hydrogen-bond donors (Lipinski definition) is 2. The lowest BCUT2D eigenvalue weighted by Gasteiger charge is -2.27. The summed E-state index contributed by atoms with van der Waals surface area (Å²) in [4.78, 5) is 12.5. The molecule has 0 aliphatic carbocycles. The molecule has 0 spiro atoms. The largest absolute Gasteiger partial charge is 0.466 e. The number of furan rings is 1. The highest BCUT2D eigenvalue weighted by molar-refractivity contribution is 5.87. The van der Waals surface area contributed by atoms with E-state index in [0.717, 1.165) is 11.1 Å². The summed E-state index contributed by atoms with van der Waals surface area (Å²) < 4.78 is 5.21. The zero-order chi connectivity index (χ0) is 16.4. The summed E-state index contributed by atoms with van der Waals surface area (Å²) in [6.07, 6.45) is 1.50. The summed E-state index contributed by atoms with van der Waals surface area (Å²) >= 11 is 0. The predicted octanol–water partition coefficient (Wildman–Crippen LogP) is 2.89. The van der Waals surface area contributed by atoms with Crippen LogP contribution in [0.25, 0.3) is 0 Å². The molecule has 0 fully saturated rings. The SMILES string of the molecule is Cc1ccc(C(C)(C)C(=O)NCC(C)(O)c2ccco2)cc1. The van der Waals surface area contributed by atoms with E-state index in [-0.39, 0.29) is 12.5 Å². The molecular weight excluding hydrogens is 278 g/mol. The summed E-state index contributed by atoms with van der Waals surface area (Å²) in [5.74, 6) is 0.295. The Hall–Kier alpha value is -2.07. The minimum Gasteiger partial charge on any atom is -0.466 e. The fourth-order valence-corrected chi connectivity index (χ4v) is 2.25.